The van der Waals surface area contributed by atoms with Gasteiger partial charge in [-0.1, -0.05) is 29.8 Å². The zero-order valence-corrected chi connectivity index (χ0v) is 14.1. The molecule has 0 N–H and O–H groups in total. The number of hydrogen-bond acceptors (Lipinski definition) is 2. The van der Waals surface area contributed by atoms with E-state index in [1.165, 1.54) is 55.7 Å². The molecule has 0 bridgehead atoms. The molecule has 2 fully saturated rings. The molecule has 1 aromatic carbocycles. The third-order valence-electron chi connectivity index (χ3n) is 5.26. The zero-order valence-electron chi connectivity index (χ0n) is 14.1. The van der Waals surface area contributed by atoms with E-state index in [9.17, 15) is 0 Å². The molecule has 2 aliphatic rings. The number of aryl methyl sites for hydroxylation is 1. The maximum absolute atomic E-state index is 4.71. The van der Waals surface area contributed by atoms with Crippen molar-refractivity contribution in [3.8, 4) is 0 Å². The van der Waals surface area contributed by atoms with Crippen LogP contribution in [0.2, 0.25) is 0 Å². The molecule has 1 aromatic heterocycles. The Morgan fingerprint density at radius 3 is 2.96 bits per heavy atom. The van der Waals surface area contributed by atoms with Crippen molar-refractivity contribution in [1.82, 2.24) is 14.5 Å². The Morgan fingerprint density at radius 2 is 2.13 bits per heavy atom. The van der Waals surface area contributed by atoms with Gasteiger partial charge in [-0.25, -0.2) is 4.98 Å². The fraction of sp³-hybridized carbons (Fsp3) is 0.550. The SMILES string of the molecule is Cc1cccc(CN2CCC[C@H](c3nccn3CC3CC3)C2)c1. The molecule has 0 spiro atoms. The number of benzene rings is 1. The number of nitrogens with zero attached hydrogens (tertiary/aromatic N) is 3. The molecule has 2 heterocycles. The van der Waals surface area contributed by atoms with Crippen molar-refractivity contribution in [3.63, 3.8) is 0 Å². The molecule has 0 radical (unpaired) electrons. The maximum Gasteiger partial charge on any atom is 0.113 e. The third kappa shape index (κ3) is 3.66. The van der Waals surface area contributed by atoms with Crippen LogP contribution in [0.5, 0.6) is 0 Å². The normalized spacial score (nSPS) is 22.4. The van der Waals surface area contributed by atoms with E-state index >= 15 is 0 Å². The lowest BCUT2D eigenvalue weighted by atomic mass is 9.96. The molecule has 122 valence electrons. The van der Waals surface area contributed by atoms with Crippen molar-refractivity contribution >= 4 is 0 Å². The number of imidazole rings is 1. The lowest BCUT2D eigenvalue weighted by Crippen LogP contribution is -2.35. The van der Waals surface area contributed by atoms with Crippen LogP contribution in [0.1, 0.15) is 48.6 Å². The smallest absolute Gasteiger partial charge is 0.113 e. The lowest BCUT2D eigenvalue weighted by Gasteiger charge is -2.32. The number of piperidine rings is 1. The van der Waals surface area contributed by atoms with E-state index in [1.54, 1.807) is 0 Å². The van der Waals surface area contributed by atoms with Gasteiger partial charge in [-0.05, 0) is 50.6 Å². The van der Waals surface area contributed by atoms with Gasteiger partial charge < -0.3 is 4.57 Å². The van der Waals surface area contributed by atoms with Crippen LogP contribution in [-0.4, -0.2) is 27.5 Å². The average Bonchev–Trinajstić information content (AvgIpc) is 3.23. The first-order chi connectivity index (χ1) is 11.3. The summed E-state index contributed by atoms with van der Waals surface area (Å²) >= 11 is 0. The van der Waals surface area contributed by atoms with Crippen LogP contribution in [0.4, 0.5) is 0 Å². The highest BCUT2D eigenvalue weighted by Gasteiger charge is 2.27. The molecule has 1 aliphatic carbocycles. The van der Waals surface area contributed by atoms with Crippen LogP contribution in [0.15, 0.2) is 36.7 Å². The molecule has 1 aliphatic heterocycles. The fourth-order valence-electron chi connectivity index (χ4n) is 3.89. The van der Waals surface area contributed by atoms with Crippen molar-refractivity contribution in [2.75, 3.05) is 13.1 Å². The second-order valence-electron chi connectivity index (χ2n) is 7.44. The maximum atomic E-state index is 4.71. The second kappa shape index (κ2) is 6.48. The summed E-state index contributed by atoms with van der Waals surface area (Å²) in [6, 6.07) is 8.92. The van der Waals surface area contributed by atoms with Gasteiger partial charge in [-0.3, -0.25) is 4.90 Å². The molecule has 0 unspecified atom stereocenters. The largest absolute Gasteiger partial charge is 0.334 e. The predicted octanol–water partition coefficient (Wildman–Crippen LogP) is 3.98. The predicted molar refractivity (Wildman–Crippen MR) is 93.4 cm³/mol. The first-order valence-electron chi connectivity index (χ1n) is 9.07. The molecule has 2 aromatic rings. The van der Waals surface area contributed by atoms with Crippen molar-refractivity contribution in [2.45, 2.75) is 51.6 Å². The van der Waals surface area contributed by atoms with E-state index in [0.717, 1.165) is 19.0 Å². The monoisotopic (exact) mass is 309 g/mol. The van der Waals surface area contributed by atoms with Gasteiger partial charge >= 0.3 is 0 Å². The Bertz CT molecular complexity index is 656. The Hall–Kier alpha value is -1.61. The van der Waals surface area contributed by atoms with Gasteiger partial charge in [0.25, 0.3) is 0 Å². The minimum absolute atomic E-state index is 0.599. The minimum atomic E-state index is 0.599. The van der Waals surface area contributed by atoms with Gasteiger partial charge in [0.15, 0.2) is 0 Å². The van der Waals surface area contributed by atoms with Crippen LogP contribution in [0, 0.1) is 12.8 Å². The first kappa shape index (κ1) is 14.9. The van der Waals surface area contributed by atoms with Gasteiger partial charge in [0, 0.05) is 37.9 Å². The summed E-state index contributed by atoms with van der Waals surface area (Å²) < 4.78 is 2.43. The number of hydrogen-bond donors (Lipinski definition) is 0. The highest BCUT2D eigenvalue weighted by Crippen LogP contribution is 2.33. The summed E-state index contributed by atoms with van der Waals surface area (Å²) in [7, 11) is 0. The van der Waals surface area contributed by atoms with Gasteiger partial charge in [0.1, 0.15) is 5.82 Å². The van der Waals surface area contributed by atoms with E-state index in [-0.39, 0.29) is 0 Å². The Morgan fingerprint density at radius 1 is 1.22 bits per heavy atom. The molecule has 1 saturated heterocycles. The summed E-state index contributed by atoms with van der Waals surface area (Å²) in [5.74, 6) is 2.84. The average molecular weight is 309 g/mol. The second-order valence-corrected chi connectivity index (χ2v) is 7.44. The molecule has 3 nitrogen and oxygen atoms in total. The van der Waals surface area contributed by atoms with E-state index in [2.05, 4.69) is 46.9 Å². The van der Waals surface area contributed by atoms with Crippen LogP contribution in [0.3, 0.4) is 0 Å². The van der Waals surface area contributed by atoms with Crippen LogP contribution in [0.25, 0.3) is 0 Å². The minimum Gasteiger partial charge on any atom is -0.334 e. The van der Waals surface area contributed by atoms with Crippen molar-refractivity contribution < 1.29 is 0 Å². The summed E-state index contributed by atoms with van der Waals surface area (Å²) in [4.78, 5) is 7.32. The van der Waals surface area contributed by atoms with E-state index in [0.29, 0.717) is 5.92 Å². The van der Waals surface area contributed by atoms with Crippen LogP contribution >= 0.6 is 0 Å². The first-order valence-corrected chi connectivity index (χ1v) is 9.07. The quantitative estimate of drug-likeness (QED) is 0.833. The van der Waals surface area contributed by atoms with Gasteiger partial charge in [0.05, 0.1) is 0 Å². The molecule has 3 heteroatoms. The van der Waals surface area contributed by atoms with Crippen LogP contribution in [-0.2, 0) is 13.1 Å². The van der Waals surface area contributed by atoms with Crippen molar-refractivity contribution in [2.24, 2.45) is 5.92 Å². The highest BCUT2D eigenvalue weighted by molar-refractivity contribution is 5.22. The molecule has 1 atom stereocenters. The Balaban J connectivity index is 1.43. The molecular formula is C20H27N3. The number of likely N-dealkylation sites (tertiary alicyclic amines) is 1. The van der Waals surface area contributed by atoms with Gasteiger partial charge in [-0.15, -0.1) is 0 Å². The van der Waals surface area contributed by atoms with E-state index < -0.39 is 0 Å². The Kier molecular flexibility index (Phi) is 4.21. The fourth-order valence-corrected chi connectivity index (χ4v) is 3.89. The zero-order chi connectivity index (χ0) is 15.6. The van der Waals surface area contributed by atoms with Crippen molar-refractivity contribution in [1.29, 1.82) is 0 Å². The van der Waals surface area contributed by atoms with E-state index in [1.807, 2.05) is 6.20 Å². The lowest BCUT2D eigenvalue weighted by molar-refractivity contribution is 0.194. The van der Waals surface area contributed by atoms with Crippen LogP contribution < -0.4 is 0 Å². The highest BCUT2D eigenvalue weighted by atomic mass is 15.1. The third-order valence-corrected chi connectivity index (χ3v) is 5.26. The Labute approximate surface area is 139 Å². The standard InChI is InChI=1S/C20H27N3/c1-16-4-2-5-18(12-16)13-22-10-3-6-19(15-22)20-21-9-11-23(20)14-17-7-8-17/h2,4-5,9,11-12,17,19H,3,6-8,10,13-15H2,1H3/t19-/m0/s1. The summed E-state index contributed by atoms with van der Waals surface area (Å²) in [5.41, 5.74) is 2.79. The van der Waals surface area contributed by atoms with E-state index in [4.69, 9.17) is 4.98 Å². The molecular weight excluding hydrogens is 282 g/mol. The topological polar surface area (TPSA) is 21.1 Å². The van der Waals surface area contributed by atoms with Crippen molar-refractivity contribution in [3.05, 3.63) is 53.6 Å². The molecule has 23 heavy (non-hydrogen) atoms. The molecule has 0 amide bonds. The van der Waals surface area contributed by atoms with Gasteiger partial charge in [-0.2, -0.15) is 0 Å². The summed E-state index contributed by atoms with van der Waals surface area (Å²) in [6.45, 7) is 6.80. The summed E-state index contributed by atoms with van der Waals surface area (Å²) in [5, 5.41) is 0. The molecule has 1 saturated carbocycles. The molecule has 4 rings (SSSR count). The van der Waals surface area contributed by atoms with Gasteiger partial charge in [0.2, 0.25) is 0 Å². The number of aromatic nitrogens is 2. The summed E-state index contributed by atoms with van der Waals surface area (Å²) in [6.07, 6.45) is 9.56. The number of rotatable bonds is 5.